The highest BCUT2D eigenvalue weighted by molar-refractivity contribution is 5.43. The first-order valence-electron chi connectivity index (χ1n) is 7.76. The number of benzene rings is 1. The predicted molar refractivity (Wildman–Crippen MR) is 89.1 cm³/mol. The minimum Gasteiger partial charge on any atom is -0.493 e. The van der Waals surface area contributed by atoms with Crippen molar-refractivity contribution in [1.29, 1.82) is 0 Å². The first-order valence-corrected chi connectivity index (χ1v) is 7.76. The third-order valence-electron chi connectivity index (χ3n) is 3.74. The number of nitrogens with one attached hydrogen (secondary N) is 1. The molecule has 0 aliphatic heterocycles. The summed E-state index contributed by atoms with van der Waals surface area (Å²) in [7, 11) is 1.74. The Hall–Kier alpha value is -1.06. The molecule has 0 atom stereocenters. The topological polar surface area (TPSA) is 30.5 Å². The highest BCUT2D eigenvalue weighted by Gasteiger charge is 2.16. The van der Waals surface area contributed by atoms with E-state index in [4.69, 9.17) is 9.47 Å². The highest BCUT2D eigenvalue weighted by atomic mass is 16.5. The third-order valence-corrected chi connectivity index (χ3v) is 3.74. The van der Waals surface area contributed by atoms with Crippen LogP contribution >= 0.6 is 0 Å². The quantitative estimate of drug-likeness (QED) is 0.786. The third kappa shape index (κ3) is 6.06. The zero-order valence-electron chi connectivity index (χ0n) is 14.7. The molecule has 0 aromatic heterocycles. The standard InChI is InChI=1S/C18H31NO2/c1-13(2)19-12-16-10-14(3)17(15(4)11-16)21-9-8-18(5,6)20-7/h10-11,13,19H,8-9,12H2,1-7H3. The molecule has 0 unspecified atom stereocenters. The van der Waals surface area contributed by atoms with E-state index in [1.807, 2.05) is 0 Å². The van der Waals surface area contributed by atoms with Crippen LogP contribution in [0.3, 0.4) is 0 Å². The number of aryl methyl sites for hydroxylation is 2. The molecule has 0 aliphatic rings. The van der Waals surface area contributed by atoms with Gasteiger partial charge in [-0.25, -0.2) is 0 Å². The smallest absolute Gasteiger partial charge is 0.125 e. The Kier molecular flexibility index (Phi) is 6.69. The molecule has 0 amide bonds. The fourth-order valence-corrected chi connectivity index (χ4v) is 2.19. The number of ether oxygens (including phenoxy) is 2. The molecule has 120 valence electrons. The van der Waals surface area contributed by atoms with Crippen molar-refractivity contribution in [1.82, 2.24) is 5.32 Å². The van der Waals surface area contributed by atoms with Gasteiger partial charge in [0.15, 0.2) is 0 Å². The number of rotatable bonds is 8. The van der Waals surface area contributed by atoms with Crippen molar-refractivity contribution >= 4 is 0 Å². The Bertz CT molecular complexity index is 430. The van der Waals surface area contributed by atoms with E-state index >= 15 is 0 Å². The molecular formula is C18H31NO2. The highest BCUT2D eigenvalue weighted by Crippen LogP contribution is 2.26. The van der Waals surface area contributed by atoms with E-state index in [2.05, 4.69) is 59.0 Å². The summed E-state index contributed by atoms with van der Waals surface area (Å²) in [6.45, 7) is 14.3. The minimum atomic E-state index is -0.136. The van der Waals surface area contributed by atoms with E-state index in [1.165, 1.54) is 16.7 Å². The van der Waals surface area contributed by atoms with Crippen LogP contribution < -0.4 is 10.1 Å². The van der Waals surface area contributed by atoms with Crippen LogP contribution in [0, 0.1) is 13.8 Å². The van der Waals surface area contributed by atoms with Gasteiger partial charge in [0.2, 0.25) is 0 Å². The van der Waals surface area contributed by atoms with Crippen LogP contribution in [-0.4, -0.2) is 25.4 Å². The van der Waals surface area contributed by atoms with Gasteiger partial charge in [0.05, 0.1) is 12.2 Å². The molecule has 0 saturated carbocycles. The zero-order valence-corrected chi connectivity index (χ0v) is 14.7. The van der Waals surface area contributed by atoms with Gasteiger partial charge in [-0.15, -0.1) is 0 Å². The van der Waals surface area contributed by atoms with Gasteiger partial charge < -0.3 is 14.8 Å². The first-order chi connectivity index (χ1) is 9.75. The Labute approximate surface area is 130 Å². The first kappa shape index (κ1) is 18.0. The van der Waals surface area contributed by atoms with Gasteiger partial charge in [-0.1, -0.05) is 26.0 Å². The summed E-state index contributed by atoms with van der Waals surface area (Å²) in [4.78, 5) is 0. The van der Waals surface area contributed by atoms with Gasteiger partial charge in [-0.3, -0.25) is 0 Å². The molecule has 1 N–H and O–H groups in total. The fourth-order valence-electron chi connectivity index (χ4n) is 2.19. The molecule has 1 aromatic rings. The van der Waals surface area contributed by atoms with Crippen LogP contribution in [-0.2, 0) is 11.3 Å². The largest absolute Gasteiger partial charge is 0.493 e. The Balaban J connectivity index is 2.67. The van der Waals surface area contributed by atoms with Crippen LogP contribution in [0.25, 0.3) is 0 Å². The summed E-state index contributed by atoms with van der Waals surface area (Å²) in [6.07, 6.45) is 0.874. The molecule has 1 aromatic carbocycles. The SMILES string of the molecule is COC(C)(C)CCOc1c(C)cc(CNC(C)C)cc1C. The summed E-state index contributed by atoms with van der Waals surface area (Å²) >= 11 is 0. The van der Waals surface area contributed by atoms with Gasteiger partial charge in [0, 0.05) is 26.1 Å². The Morgan fingerprint density at radius 3 is 2.19 bits per heavy atom. The summed E-state index contributed by atoms with van der Waals surface area (Å²) in [6, 6.07) is 4.91. The van der Waals surface area contributed by atoms with E-state index in [1.54, 1.807) is 7.11 Å². The molecule has 0 radical (unpaired) electrons. The second-order valence-corrected chi connectivity index (χ2v) is 6.66. The Morgan fingerprint density at radius 2 is 1.71 bits per heavy atom. The molecule has 0 heterocycles. The average Bonchev–Trinajstić information content (AvgIpc) is 2.39. The number of methoxy groups -OCH3 is 1. The maximum Gasteiger partial charge on any atom is 0.125 e. The molecule has 3 nitrogen and oxygen atoms in total. The van der Waals surface area contributed by atoms with Crippen LogP contribution in [0.5, 0.6) is 5.75 Å². The van der Waals surface area contributed by atoms with Crippen LogP contribution in [0.2, 0.25) is 0 Å². The lowest BCUT2D eigenvalue weighted by molar-refractivity contribution is 0.00533. The van der Waals surface area contributed by atoms with Gasteiger partial charge >= 0.3 is 0 Å². The van der Waals surface area contributed by atoms with Gasteiger partial charge in [-0.2, -0.15) is 0 Å². The molecule has 0 aliphatic carbocycles. The summed E-state index contributed by atoms with van der Waals surface area (Å²) in [5, 5.41) is 3.45. The van der Waals surface area contributed by atoms with E-state index in [0.717, 1.165) is 18.7 Å². The minimum absolute atomic E-state index is 0.136. The fraction of sp³-hybridized carbons (Fsp3) is 0.667. The van der Waals surface area contributed by atoms with Crippen molar-refractivity contribution < 1.29 is 9.47 Å². The van der Waals surface area contributed by atoms with E-state index in [0.29, 0.717) is 12.6 Å². The Morgan fingerprint density at radius 1 is 1.14 bits per heavy atom. The molecular weight excluding hydrogens is 262 g/mol. The molecule has 3 heteroatoms. The number of hydrogen-bond acceptors (Lipinski definition) is 3. The number of hydrogen-bond donors (Lipinski definition) is 1. The molecule has 21 heavy (non-hydrogen) atoms. The lowest BCUT2D eigenvalue weighted by atomic mass is 10.0. The molecule has 0 fully saturated rings. The average molecular weight is 293 g/mol. The van der Waals surface area contributed by atoms with Crippen molar-refractivity contribution in [3.63, 3.8) is 0 Å². The molecule has 1 rings (SSSR count). The van der Waals surface area contributed by atoms with Crippen molar-refractivity contribution in [2.24, 2.45) is 0 Å². The van der Waals surface area contributed by atoms with Gasteiger partial charge in [0.25, 0.3) is 0 Å². The summed E-state index contributed by atoms with van der Waals surface area (Å²) in [5.41, 5.74) is 3.57. The summed E-state index contributed by atoms with van der Waals surface area (Å²) < 4.78 is 11.4. The van der Waals surface area contributed by atoms with Crippen molar-refractivity contribution in [3.05, 3.63) is 28.8 Å². The molecule has 0 spiro atoms. The lowest BCUT2D eigenvalue weighted by Crippen LogP contribution is -2.25. The van der Waals surface area contributed by atoms with Gasteiger partial charge in [0.1, 0.15) is 5.75 Å². The maximum absolute atomic E-state index is 5.99. The molecule has 0 bridgehead atoms. The predicted octanol–water partition coefficient (Wildman–Crippen LogP) is 4.00. The molecule has 0 saturated heterocycles. The monoisotopic (exact) mass is 293 g/mol. The second-order valence-electron chi connectivity index (χ2n) is 6.66. The summed E-state index contributed by atoms with van der Waals surface area (Å²) in [5.74, 6) is 1.01. The van der Waals surface area contributed by atoms with E-state index in [9.17, 15) is 0 Å². The van der Waals surface area contributed by atoms with Crippen molar-refractivity contribution in [2.75, 3.05) is 13.7 Å². The van der Waals surface area contributed by atoms with E-state index < -0.39 is 0 Å². The van der Waals surface area contributed by atoms with E-state index in [-0.39, 0.29) is 5.60 Å². The second kappa shape index (κ2) is 7.81. The van der Waals surface area contributed by atoms with Crippen molar-refractivity contribution in [2.45, 2.75) is 66.2 Å². The maximum atomic E-state index is 5.99. The van der Waals surface area contributed by atoms with Crippen molar-refractivity contribution in [3.8, 4) is 5.75 Å². The van der Waals surface area contributed by atoms with Crippen LogP contribution in [0.4, 0.5) is 0 Å². The van der Waals surface area contributed by atoms with Crippen LogP contribution in [0.15, 0.2) is 12.1 Å². The van der Waals surface area contributed by atoms with Gasteiger partial charge in [-0.05, 0) is 44.4 Å². The zero-order chi connectivity index (χ0) is 16.0. The normalized spacial score (nSPS) is 12.0. The van der Waals surface area contributed by atoms with Crippen LogP contribution in [0.1, 0.15) is 50.8 Å². The lowest BCUT2D eigenvalue weighted by Gasteiger charge is -2.23.